The fourth-order valence-corrected chi connectivity index (χ4v) is 2.98. The van der Waals surface area contributed by atoms with Gasteiger partial charge in [0.15, 0.2) is 17.3 Å². The fourth-order valence-electron chi connectivity index (χ4n) is 2.36. The third kappa shape index (κ3) is 2.63. The number of Topliss-reactive ketones (excluding diaryl/α,β-unsaturated/α-hetero) is 3. The molecular weight excluding hydrogens is 264 g/mol. The van der Waals surface area contributed by atoms with Gasteiger partial charge in [0, 0.05) is 12.8 Å². The molecule has 2 rings (SSSR count). The molecule has 1 aromatic rings. The van der Waals surface area contributed by atoms with Crippen molar-refractivity contribution in [1.82, 2.24) is 9.59 Å². The molecule has 0 amide bonds. The molecule has 0 atom stereocenters. The van der Waals surface area contributed by atoms with E-state index in [0.717, 1.165) is 11.5 Å². The summed E-state index contributed by atoms with van der Waals surface area (Å²) < 4.78 is 3.68. The zero-order chi connectivity index (χ0) is 14.2. The number of carbonyl (C=O) groups excluding carboxylic acids is 3. The van der Waals surface area contributed by atoms with Gasteiger partial charge in [0.25, 0.3) is 0 Å². The summed E-state index contributed by atoms with van der Waals surface area (Å²) in [7, 11) is 0. The molecule has 0 unspecified atom stereocenters. The first-order valence-electron chi connectivity index (χ1n) is 6.30. The maximum atomic E-state index is 12.3. The van der Waals surface area contributed by atoms with Crippen molar-refractivity contribution in [3.05, 3.63) is 10.6 Å². The molecule has 0 spiro atoms. The third-order valence-electron chi connectivity index (χ3n) is 3.65. The monoisotopic (exact) mass is 280 g/mol. The Morgan fingerprint density at radius 1 is 1.26 bits per heavy atom. The average Bonchev–Trinajstić information content (AvgIpc) is 2.74. The van der Waals surface area contributed by atoms with Gasteiger partial charge in [0.2, 0.25) is 0 Å². The highest BCUT2D eigenvalue weighted by atomic mass is 32.1. The Morgan fingerprint density at radius 2 is 1.84 bits per heavy atom. The molecular formula is C13H16N2O3S. The number of nitrogens with zero attached hydrogens (tertiary/aromatic N) is 2. The Hall–Kier alpha value is -1.43. The summed E-state index contributed by atoms with van der Waals surface area (Å²) in [6.07, 6.45) is 0.621. The van der Waals surface area contributed by atoms with Crippen LogP contribution in [0.25, 0.3) is 0 Å². The molecule has 1 saturated carbocycles. The first-order valence-corrected chi connectivity index (χ1v) is 7.07. The van der Waals surface area contributed by atoms with Crippen LogP contribution in [0.1, 0.15) is 42.1 Å². The van der Waals surface area contributed by atoms with E-state index in [1.54, 1.807) is 6.92 Å². The highest BCUT2D eigenvalue weighted by Gasteiger charge is 2.42. The van der Waals surface area contributed by atoms with E-state index in [0.29, 0.717) is 23.4 Å². The number of hydrogen-bond donors (Lipinski definition) is 0. The van der Waals surface area contributed by atoms with Gasteiger partial charge in [-0.15, -0.1) is 5.10 Å². The molecule has 0 aromatic carbocycles. The van der Waals surface area contributed by atoms with E-state index in [4.69, 9.17) is 0 Å². The van der Waals surface area contributed by atoms with E-state index in [9.17, 15) is 14.4 Å². The van der Waals surface area contributed by atoms with Crippen LogP contribution in [0.15, 0.2) is 0 Å². The molecule has 0 radical (unpaired) electrons. The van der Waals surface area contributed by atoms with Gasteiger partial charge < -0.3 is 0 Å². The van der Waals surface area contributed by atoms with Crippen molar-refractivity contribution in [3.8, 4) is 0 Å². The zero-order valence-corrected chi connectivity index (χ0v) is 12.0. The van der Waals surface area contributed by atoms with Crippen LogP contribution in [0.3, 0.4) is 0 Å². The molecule has 1 aromatic heterocycles. The highest BCUT2D eigenvalue weighted by molar-refractivity contribution is 7.08. The van der Waals surface area contributed by atoms with Crippen LogP contribution < -0.4 is 0 Å². The predicted octanol–water partition coefficient (Wildman–Crippen LogP) is 1.85. The number of rotatable bonds is 3. The highest BCUT2D eigenvalue weighted by Crippen LogP contribution is 2.31. The van der Waals surface area contributed by atoms with Gasteiger partial charge >= 0.3 is 0 Å². The van der Waals surface area contributed by atoms with E-state index < -0.39 is 11.7 Å². The molecule has 1 fully saturated rings. The second kappa shape index (κ2) is 5.28. The van der Waals surface area contributed by atoms with Crippen LogP contribution in [-0.4, -0.2) is 26.9 Å². The summed E-state index contributed by atoms with van der Waals surface area (Å²) in [5.74, 6) is -1.73. The van der Waals surface area contributed by atoms with Gasteiger partial charge in [-0.3, -0.25) is 14.4 Å². The van der Waals surface area contributed by atoms with Crippen molar-refractivity contribution in [1.29, 1.82) is 0 Å². The normalized spacial score (nSPS) is 24.0. The molecule has 19 heavy (non-hydrogen) atoms. The lowest BCUT2D eigenvalue weighted by Crippen LogP contribution is -2.39. The number of hydrogen-bond acceptors (Lipinski definition) is 6. The number of carbonyl (C=O) groups is 3. The number of aryl methyl sites for hydroxylation is 1. The maximum absolute atomic E-state index is 12.3. The van der Waals surface area contributed by atoms with Crippen molar-refractivity contribution in [2.24, 2.45) is 17.8 Å². The summed E-state index contributed by atoms with van der Waals surface area (Å²) in [6, 6.07) is 0. The fraction of sp³-hybridized carbons (Fsp3) is 0.615. The van der Waals surface area contributed by atoms with Crippen LogP contribution >= 0.6 is 11.5 Å². The summed E-state index contributed by atoms with van der Waals surface area (Å²) in [4.78, 5) is 36.8. The molecule has 0 aliphatic heterocycles. The molecule has 6 heteroatoms. The number of ketones is 3. The first kappa shape index (κ1) is 14.0. The van der Waals surface area contributed by atoms with Crippen molar-refractivity contribution >= 4 is 28.9 Å². The smallest absolute Gasteiger partial charge is 0.194 e. The Kier molecular flexibility index (Phi) is 3.89. The van der Waals surface area contributed by atoms with Crippen LogP contribution in [0.4, 0.5) is 0 Å². The summed E-state index contributed by atoms with van der Waals surface area (Å²) in [5, 5.41) is 3.75. The second-order valence-corrected chi connectivity index (χ2v) is 6.08. The van der Waals surface area contributed by atoms with E-state index in [1.165, 1.54) is 0 Å². The summed E-state index contributed by atoms with van der Waals surface area (Å²) in [6.45, 7) is 5.64. The van der Waals surface area contributed by atoms with E-state index in [2.05, 4.69) is 9.59 Å². The lowest BCUT2D eigenvalue weighted by molar-refractivity contribution is -0.135. The molecule has 5 nitrogen and oxygen atoms in total. The second-order valence-electron chi connectivity index (χ2n) is 5.33. The molecule has 0 N–H and O–H groups in total. The van der Waals surface area contributed by atoms with Gasteiger partial charge in [0.1, 0.15) is 10.8 Å². The topological polar surface area (TPSA) is 77.0 Å². The van der Waals surface area contributed by atoms with Gasteiger partial charge in [-0.25, -0.2) is 0 Å². The van der Waals surface area contributed by atoms with Crippen LogP contribution in [0.2, 0.25) is 0 Å². The van der Waals surface area contributed by atoms with E-state index >= 15 is 0 Å². The van der Waals surface area contributed by atoms with E-state index in [-0.39, 0.29) is 23.4 Å². The Morgan fingerprint density at radius 3 is 2.26 bits per heavy atom. The molecule has 1 heterocycles. The lowest BCUT2D eigenvalue weighted by atomic mass is 9.74. The quantitative estimate of drug-likeness (QED) is 0.623. The van der Waals surface area contributed by atoms with Crippen molar-refractivity contribution in [3.63, 3.8) is 0 Å². The molecule has 0 saturated heterocycles. The SMILES string of the molecule is Cc1nnsc1C(=O)C1C(=O)CC(C(C)C)CC1=O. The van der Waals surface area contributed by atoms with Crippen LogP contribution in [0.5, 0.6) is 0 Å². The molecule has 0 bridgehead atoms. The van der Waals surface area contributed by atoms with Gasteiger partial charge in [-0.1, -0.05) is 18.3 Å². The predicted molar refractivity (Wildman–Crippen MR) is 70.0 cm³/mol. The Bertz CT molecular complexity index is 518. The standard InChI is InChI=1S/C13H16N2O3S/c1-6(2)8-4-9(16)11(10(17)5-8)12(18)13-7(3)14-15-19-13/h6,8,11H,4-5H2,1-3H3. The Balaban J connectivity index is 2.22. The molecule has 1 aliphatic carbocycles. The summed E-state index contributed by atoms with van der Waals surface area (Å²) in [5.41, 5.74) is 0.488. The van der Waals surface area contributed by atoms with Crippen molar-refractivity contribution in [2.45, 2.75) is 33.6 Å². The molecule has 1 aliphatic rings. The van der Waals surface area contributed by atoms with Gasteiger partial charge in [0.05, 0.1) is 5.69 Å². The minimum atomic E-state index is -1.13. The lowest BCUT2D eigenvalue weighted by Gasteiger charge is -2.27. The average molecular weight is 280 g/mol. The molecule has 102 valence electrons. The van der Waals surface area contributed by atoms with E-state index in [1.807, 2.05) is 13.8 Å². The summed E-state index contributed by atoms with van der Waals surface area (Å²) >= 11 is 0.947. The van der Waals surface area contributed by atoms with Gasteiger partial charge in [-0.05, 0) is 30.3 Å². The van der Waals surface area contributed by atoms with Crippen molar-refractivity contribution < 1.29 is 14.4 Å². The van der Waals surface area contributed by atoms with Gasteiger partial charge in [-0.2, -0.15) is 0 Å². The minimum Gasteiger partial charge on any atom is -0.298 e. The Labute approximate surface area is 115 Å². The minimum absolute atomic E-state index is 0.0599. The zero-order valence-electron chi connectivity index (χ0n) is 11.2. The third-order valence-corrected chi connectivity index (χ3v) is 4.49. The largest absolute Gasteiger partial charge is 0.298 e. The van der Waals surface area contributed by atoms with Crippen LogP contribution in [0, 0.1) is 24.7 Å². The first-order chi connectivity index (χ1) is 8.91. The van der Waals surface area contributed by atoms with Crippen molar-refractivity contribution in [2.75, 3.05) is 0 Å². The number of aromatic nitrogens is 2. The van der Waals surface area contributed by atoms with Crippen LogP contribution in [-0.2, 0) is 9.59 Å². The maximum Gasteiger partial charge on any atom is 0.194 e.